The minimum atomic E-state index is -0.612. The number of anilines is 1. The molecule has 108 valence electrons. The van der Waals surface area contributed by atoms with Crippen molar-refractivity contribution >= 4 is 46.4 Å². The smallest absolute Gasteiger partial charge is 0.247 e. The van der Waals surface area contributed by atoms with E-state index in [4.69, 9.17) is 40.5 Å². The summed E-state index contributed by atoms with van der Waals surface area (Å²) in [6.45, 7) is 0. The van der Waals surface area contributed by atoms with Crippen molar-refractivity contribution in [1.29, 1.82) is 0 Å². The molecule has 2 N–H and O–H groups in total. The van der Waals surface area contributed by atoms with Crippen LogP contribution in [0.1, 0.15) is 11.6 Å². The molecule has 2 atom stereocenters. The third-order valence-corrected chi connectivity index (χ3v) is 4.63. The van der Waals surface area contributed by atoms with Gasteiger partial charge in [-0.05, 0) is 29.8 Å². The molecule has 0 aliphatic carbocycles. The van der Waals surface area contributed by atoms with E-state index in [0.29, 0.717) is 20.8 Å². The lowest BCUT2D eigenvalue weighted by atomic mass is 9.88. The van der Waals surface area contributed by atoms with Crippen LogP contribution < -0.4 is 10.6 Å². The van der Waals surface area contributed by atoms with Gasteiger partial charge in [-0.2, -0.15) is 0 Å². The SMILES string of the molecule is NC1C(=O)N(c2ccc(Cl)c(Cl)c2)C1c1ccccc1Cl. The number of carbonyl (C=O) groups is 1. The number of rotatable bonds is 2. The van der Waals surface area contributed by atoms with Gasteiger partial charge in [0.1, 0.15) is 6.04 Å². The summed E-state index contributed by atoms with van der Waals surface area (Å²) in [5.74, 6) is -0.168. The first-order valence-corrected chi connectivity index (χ1v) is 7.42. The van der Waals surface area contributed by atoms with Crippen LogP contribution in [0.3, 0.4) is 0 Å². The second kappa shape index (κ2) is 5.50. The van der Waals surface area contributed by atoms with Gasteiger partial charge in [-0.15, -0.1) is 0 Å². The van der Waals surface area contributed by atoms with Crippen molar-refractivity contribution in [3.63, 3.8) is 0 Å². The molecule has 0 spiro atoms. The number of amides is 1. The monoisotopic (exact) mass is 340 g/mol. The van der Waals surface area contributed by atoms with Crippen molar-refractivity contribution in [2.45, 2.75) is 12.1 Å². The number of hydrogen-bond acceptors (Lipinski definition) is 2. The Kier molecular flexibility index (Phi) is 3.84. The summed E-state index contributed by atoms with van der Waals surface area (Å²) in [5.41, 5.74) is 7.42. The Labute approximate surface area is 137 Å². The van der Waals surface area contributed by atoms with E-state index in [9.17, 15) is 4.79 Å². The Morgan fingerprint density at radius 3 is 2.33 bits per heavy atom. The maximum atomic E-state index is 12.1. The number of nitrogens with zero attached hydrogens (tertiary/aromatic N) is 1. The van der Waals surface area contributed by atoms with Gasteiger partial charge < -0.3 is 10.6 Å². The zero-order chi connectivity index (χ0) is 15.1. The summed E-state index contributed by atoms with van der Waals surface area (Å²) in [6, 6.07) is 11.5. The number of halogens is 3. The van der Waals surface area contributed by atoms with E-state index in [1.807, 2.05) is 18.2 Å². The Balaban J connectivity index is 2.02. The Morgan fingerprint density at radius 1 is 0.952 bits per heavy atom. The van der Waals surface area contributed by atoms with Crippen LogP contribution in [0.15, 0.2) is 42.5 Å². The first-order chi connectivity index (χ1) is 10.0. The van der Waals surface area contributed by atoms with Crippen molar-refractivity contribution in [2.24, 2.45) is 5.73 Å². The van der Waals surface area contributed by atoms with E-state index >= 15 is 0 Å². The summed E-state index contributed by atoms with van der Waals surface area (Å²) in [4.78, 5) is 13.7. The van der Waals surface area contributed by atoms with E-state index < -0.39 is 6.04 Å². The zero-order valence-corrected chi connectivity index (χ0v) is 13.0. The number of benzene rings is 2. The predicted molar refractivity (Wildman–Crippen MR) is 86.1 cm³/mol. The average Bonchev–Trinajstić information content (AvgIpc) is 2.48. The molecule has 1 fully saturated rings. The van der Waals surface area contributed by atoms with Gasteiger partial charge in [0, 0.05) is 10.7 Å². The number of carbonyl (C=O) groups excluding carboxylic acids is 1. The summed E-state index contributed by atoms with van der Waals surface area (Å²) < 4.78 is 0. The van der Waals surface area contributed by atoms with Crippen molar-refractivity contribution in [3.8, 4) is 0 Å². The maximum Gasteiger partial charge on any atom is 0.247 e. The number of β-lactam (4-membered cyclic amide) rings is 1. The van der Waals surface area contributed by atoms with Crippen LogP contribution >= 0.6 is 34.8 Å². The molecule has 1 amide bonds. The van der Waals surface area contributed by atoms with Gasteiger partial charge in [0.25, 0.3) is 0 Å². The topological polar surface area (TPSA) is 46.3 Å². The molecule has 1 heterocycles. The summed E-state index contributed by atoms with van der Waals surface area (Å²) in [5, 5.41) is 1.41. The molecule has 0 radical (unpaired) electrons. The highest BCUT2D eigenvalue weighted by Gasteiger charge is 2.47. The van der Waals surface area contributed by atoms with Crippen LogP contribution in [0.4, 0.5) is 5.69 Å². The molecule has 0 saturated carbocycles. The van der Waals surface area contributed by atoms with E-state index in [1.54, 1.807) is 29.2 Å². The molecule has 1 aliphatic rings. The van der Waals surface area contributed by atoms with Gasteiger partial charge in [0.05, 0.1) is 16.1 Å². The first kappa shape index (κ1) is 14.7. The highest BCUT2D eigenvalue weighted by molar-refractivity contribution is 6.42. The lowest BCUT2D eigenvalue weighted by Crippen LogP contribution is -2.63. The van der Waals surface area contributed by atoms with E-state index in [1.165, 1.54) is 0 Å². The fourth-order valence-corrected chi connectivity index (χ4v) is 3.02. The maximum absolute atomic E-state index is 12.1. The fourth-order valence-electron chi connectivity index (χ4n) is 2.48. The van der Waals surface area contributed by atoms with Crippen molar-refractivity contribution < 1.29 is 4.79 Å². The molecular weight excluding hydrogens is 331 g/mol. The highest BCUT2D eigenvalue weighted by Crippen LogP contribution is 2.41. The molecule has 0 aromatic heterocycles. The minimum Gasteiger partial charge on any atom is -0.318 e. The average molecular weight is 342 g/mol. The number of hydrogen-bond donors (Lipinski definition) is 1. The van der Waals surface area contributed by atoms with E-state index in [-0.39, 0.29) is 11.9 Å². The van der Waals surface area contributed by atoms with Crippen molar-refractivity contribution in [2.75, 3.05) is 4.90 Å². The standard InChI is InChI=1S/C15H11Cl3N2O/c16-10-4-2-1-3-9(10)14-13(19)15(21)20(14)8-5-6-11(17)12(18)7-8/h1-7,13-14H,19H2. The molecule has 1 aliphatic heterocycles. The molecule has 0 bridgehead atoms. The zero-order valence-electron chi connectivity index (χ0n) is 10.8. The second-order valence-corrected chi connectivity index (χ2v) is 6.02. The minimum absolute atomic E-state index is 0.168. The quantitative estimate of drug-likeness (QED) is 0.837. The molecule has 21 heavy (non-hydrogen) atoms. The van der Waals surface area contributed by atoms with Crippen LogP contribution in [-0.2, 0) is 4.79 Å². The van der Waals surface area contributed by atoms with Gasteiger partial charge in [-0.1, -0.05) is 53.0 Å². The number of nitrogens with two attached hydrogens (primary N) is 1. The highest BCUT2D eigenvalue weighted by atomic mass is 35.5. The lowest BCUT2D eigenvalue weighted by Gasteiger charge is -2.46. The molecule has 2 aromatic carbocycles. The molecular formula is C15H11Cl3N2O. The normalized spacial score (nSPS) is 21.3. The summed E-state index contributed by atoms with van der Waals surface area (Å²) in [7, 11) is 0. The third-order valence-electron chi connectivity index (χ3n) is 3.55. The van der Waals surface area contributed by atoms with Crippen LogP contribution in [0.5, 0.6) is 0 Å². The third kappa shape index (κ3) is 2.40. The van der Waals surface area contributed by atoms with Crippen LogP contribution in [0, 0.1) is 0 Å². The summed E-state index contributed by atoms with van der Waals surface area (Å²) in [6.07, 6.45) is 0. The first-order valence-electron chi connectivity index (χ1n) is 6.29. The van der Waals surface area contributed by atoms with Gasteiger partial charge in [-0.25, -0.2) is 0 Å². The van der Waals surface area contributed by atoms with E-state index in [2.05, 4.69) is 0 Å². The van der Waals surface area contributed by atoms with Crippen molar-refractivity contribution in [1.82, 2.24) is 0 Å². The van der Waals surface area contributed by atoms with E-state index in [0.717, 1.165) is 5.56 Å². The fraction of sp³-hybridized carbons (Fsp3) is 0.133. The van der Waals surface area contributed by atoms with Crippen LogP contribution in [0.2, 0.25) is 15.1 Å². The predicted octanol–water partition coefficient (Wildman–Crippen LogP) is 4.06. The van der Waals surface area contributed by atoms with Gasteiger partial charge in [0.15, 0.2) is 0 Å². The van der Waals surface area contributed by atoms with Crippen molar-refractivity contribution in [3.05, 3.63) is 63.1 Å². The van der Waals surface area contributed by atoms with Gasteiger partial charge >= 0.3 is 0 Å². The van der Waals surface area contributed by atoms with Crippen LogP contribution in [0.25, 0.3) is 0 Å². The largest absolute Gasteiger partial charge is 0.318 e. The van der Waals surface area contributed by atoms with Crippen LogP contribution in [-0.4, -0.2) is 11.9 Å². The molecule has 3 rings (SSSR count). The molecule has 2 unspecified atom stereocenters. The second-order valence-electron chi connectivity index (χ2n) is 4.80. The van der Waals surface area contributed by atoms with Gasteiger partial charge in [-0.3, -0.25) is 4.79 Å². The molecule has 1 saturated heterocycles. The van der Waals surface area contributed by atoms with Gasteiger partial charge in [0.2, 0.25) is 5.91 Å². The molecule has 2 aromatic rings. The molecule has 3 nitrogen and oxygen atoms in total. The molecule has 6 heteroatoms. The lowest BCUT2D eigenvalue weighted by molar-refractivity contribution is -0.126. The Bertz CT molecular complexity index is 720. The Morgan fingerprint density at radius 2 is 1.67 bits per heavy atom. The summed E-state index contributed by atoms with van der Waals surface area (Å²) >= 11 is 18.1. The Hall–Kier alpha value is -1.26.